The first-order valence-corrected chi connectivity index (χ1v) is 6.02. The minimum absolute atomic E-state index is 0.582. The predicted octanol–water partition coefficient (Wildman–Crippen LogP) is 3.84. The van der Waals surface area contributed by atoms with Crippen LogP contribution in [0.25, 0.3) is 0 Å². The predicted molar refractivity (Wildman–Crippen MR) is 72.3 cm³/mol. The van der Waals surface area contributed by atoms with E-state index in [1.807, 2.05) is 44.2 Å². The number of nitrogen functional groups attached to an aromatic ring is 1. The highest BCUT2D eigenvalue weighted by Crippen LogP contribution is 2.26. The largest absolute Gasteiger partial charge is 0.439 e. The molecule has 17 heavy (non-hydrogen) atoms. The van der Waals surface area contributed by atoms with Crippen molar-refractivity contribution in [1.29, 1.82) is 0 Å². The highest BCUT2D eigenvalue weighted by molar-refractivity contribution is 9.10. The van der Waals surface area contributed by atoms with Gasteiger partial charge in [0.25, 0.3) is 0 Å². The highest BCUT2D eigenvalue weighted by atomic mass is 79.9. The van der Waals surface area contributed by atoms with Crippen molar-refractivity contribution >= 4 is 21.6 Å². The van der Waals surface area contributed by atoms with Gasteiger partial charge < -0.3 is 10.5 Å². The van der Waals surface area contributed by atoms with Gasteiger partial charge in [0.1, 0.15) is 5.75 Å². The maximum absolute atomic E-state index is 5.71. The SMILES string of the molecule is Cc1cc(N)ccc1Oc1ccc(Br)c(C)n1. The van der Waals surface area contributed by atoms with Crippen LogP contribution in [0.5, 0.6) is 11.6 Å². The Morgan fingerprint density at radius 1 is 1.18 bits per heavy atom. The van der Waals surface area contributed by atoms with Gasteiger partial charge in [0.15, 0.2) is 0 Å². The van der Waals surface area contributed by atoms with E-state index >= 15 is 0 Å². The molecular weight excluding hydrogens is 280 g/mol. The van der Waals surface area contributed by atoms with Gasteiger partial charge in [-0.25, -0.2) is 4.98 Å². The Bertz CT molecular complexity index is 555. The molecule has 0 unspecified atom stereocenters. The van der Waals surface area contributed by atoms with Gasteiger partial charge >= 0.3 is 0 Å². The minimum Gasteiger partial charge on any atom is -0.439 e. The van der Waals surface area contributed by atoms with E-state index in [4.69, 9.17) is 10.5 Å². The molecule has 2 N–H and O–H groups in total. The van der Waals surface area contributed by atoms with Crippen molar-refractivity contribution in [3.05, 3.63) is 46.1 Å². The summed E-state index contributed by atoms with van der Waals surface area (Å²) in [5.41, 5.74) is 8.31. The number of nitrogens with two attached hydrogens (primary N) is 1. The number of hydrogen-bond donors (Lipinski definition) is 1. The first-order valence-electron chi connectivity index (χ1n) is 5.23. The Morgan fingerprint density at radius 2 is 1.94 bits per heavy atom. The number of anilines is 1. The summed E-state index contributed by atoms with van der Waals surface area (Å²) in [4.78, 5) is 4.33. The van der Waals surface area contributed by atoms with Crippen molar-refractivity contribution in [2.45, 2.75) is 13.8 Å². The maximum atomic E-state index is 5.71. The lowest BCUT2D eigenvalue weighted by atomic mass is 10.2. The lowest BCUT2D eigenvalue weighted by molar-refractivity contribution is 0.458. The standard InChI is InChI=1S/C13H13BrN2O/c1-8-7-10(15)3-5-12(8)17-13-6-4-11(14)9(2)16-13/h3-7H,15H2,1-2H3. The van der Waals surface area contributed by atoms with Crippen molar-refractivity contribution in [2.75, 3.05) is 5.73 Å². The number of aryl methyl sites for hydroxylation is 2. The number of benzene rings is 1. The van der Waals surface area contributed by atoms with Crippen LogP contribution in [0.15, 0.2) is 34.8 Å². The van der Waals surface area contributed by atoms with Gasteiger partial charge in [-0.05, 0) is 59.6 Å². The summed E-state index contributed by atoms with van der Waals surface area (Å²) in [6, 6.07) is 9.29. The third-order valence-electron chi connectivity index (χ3n) is 2.41. The summed E-state index contributed by atoms with van der Waals surface area (Å²) < 4.78 is 6.68. The number of pyridine rings is 1. The van der Waals surface area contributed by atoms with Crippen LogP contribution in [-0.2, 0) is 0 Å². The van der Waals surface area contributed by atoms with Gasteiger partial charge in [0.05, 0.1) is 5.69 Å². The molecule has 0 aliphatic carbocycles. The molecule has 1 aromatic carbocycles. The lowest BCUT2D eigenvalue weighted by Crippen LogP contribution is -1.93. The van der Waals surface area contributed by atoms with Crippen molar-refractivity contribution in [2.24, 2.45) is 0 Å². The van der Waals surface area contributed by atoms with Crippen molar-refractivity contribution in [1.82, 2.24) is 4.98 Å². The molecule has 0 bridgehead atoms. The molecule has 0 atom stereocenters. The molecule has 3 nitrogen and oxygen atoms in total. The Balaban J connectivity index is 2.28. The van der Waals surface area contributed by atoms with Gasteiger partial charge in [-0.15, -0.1) is 0 Å². The lowest BCUT2D eigenvalue weighted by Gasteiger charge is -2.09. The summed E-state index contributed by atoms with van der Waals surface area (Å²) in [7, 11) is 0. The average molecular weight is 293 g/mol. The van der Waals surface area contributed by atoms with Crippen molar-refractivity contribution in [3.8, 4) is 11.6 Å². The van der Waals surface area contributed by atoms with E-state index in [1.165, 1.54) is 0 Å². The molecule has 2 aromatic rings. The molecule has 1 aromatic heterocycles. The van der Waals surface area contributed by atoms with Crippen LogP contribution in [0.4, 0.5) is 5.69 Å². The number of hydrogen-bond acceptors (Lipinski definition) is 3. The number of rotatable bonds is 2. The van der Waals surface area contributed by atoms with Crippen LogP contribution in [0.3, 0.4) is 0 Å². The van der Waals surface area contributed by atoms with Crippen molar-refractivity contribution < 1.29 is 4.74 Å². The van der Waals surface area contributed by atoms with Crippen LogP contribution in [0.2, 0.25) is 0 Å². The average Bonchev–Trinajstić information content (AvgIpc) is 2.27. The van der Waals surface area contributed by atoms with Gasteiger partial charge in [-0.3, -0.25) is 0 Å². The monoisotopic (exact) mass is 292 g/mol. The van der Waals surface area contributed by atoms with E-state index in [-0.39, 0.29) is 0 Å². The van der Waals surface area contributed by atoms with E-state index in [0.29, 0.717) is 5.88 Å². The molecule has 0 aliphatic heterocycles. The fourth-order valence-electron chi connectivity index (χ4n) is 1.48. The van der Waals surface area contributed by atoms with E-state index in [1.54, 1.807) is 0 Å². The van der Waals surface area contributed by atoms with Crippen LogP contribution in [-0.4, -0.2) is 4.98 Å². The second kappa shape index (κ2) is 4.75. The zero-order valence-corrected chi connectivity index (χ0v) is 11.3. The molecule has 0 saturated heterocycles. The Labute approximate surface area is 109 Å². The topological polar surface area (TPSA) is 48.1 Å². The summed E-state index contributed by atoms with van der Waals surface area (Å²) >= 11 is 3.40. The van der Waals surface area contributed by atoms with E-state index in [9.17, 15) is 0 Å². The zero-order chi connectivity index (χ0) is 12.4. The summed E-state index contributed by atoms with van der Waals surface area (Å²) in [5, 5.41) is 0. The third kappa shape index (κ3) is 2.77. The van der Waals surface area contributed by atoms with Crippen molar-refractivity contribution in [3.63, 3.8) is 0 Å². The third-order valence-corrected chi connectivity index (χ3v) is 3.25. The number of ether oxygens (including phenoxy) is 1. The molecule has 0 spiro atoms. The first-order chi connectivity index (χ1) is 8.06. The molecule has 1 heterocycles. The van der Waals surface area contributed by atoms with Gasteiger partial charge in [0, 0.05) is 16.2 Å². The van der Waals surface area contributed by atoms with Gasteiger partial charge in [-0.1, -0.05) is 0 Å². The molecule has 0 amide bonds. The fraction of sp³-hybridized carbons (Fsp3) is 0.154. The smallest absolute Gasteiger partial charge is 0.219 e. The number of halogens is 1. The normalized spacial score (nSPS) is 10.3. The quantitative estimate of drug-likeness (QED) is 0.856. The number of nitrogens with zero attached hydrogens (tertiary/aromatic N) is 1. The van der Waals surface area contributed by atoms with Crippen LogP contribution in [0.1, 0.15) is 11.3 Å². The second-order valence-corrected chi connectivity index (χ2v) is 4.70. The zero-order valence-electron chi connectivity index (χ0n) is 9.70. The summed E-state index contributed by atoms with van der Waals surface area (Å²) in [6.07, 6.45) is 0. The van der Waals surface area contributed by atoms with Crippen LogP contribution >= 0.6 is 15.9 Å². The highest BCUT2D eigenvalue weighted by Gasteiger charge is 2.04. The fourth-order valence-corrected chi connectivity index (χ4v) is 1.70. The molecule has 2 rings (SSSR count). The van der Waals surface area contributed by atoms with Crippen LogP contribution < -0.4 is 10.5 Å². The Morgan fingerprint density at radius 3 is 2.59 bits per heavy atom. The molecule has 88 valence electrons. The Kier molecular flexibility index (Phi) is 3.33. The Hall–Kier alpha value is -1.55. The van der Waals surface area contributed by atoms with Gasteiger partial charge in [0.2, 0.25) is 5.88 Å². The molecule has 0 saturated carbocycles. The number of aromatic nitrogens is 1. The molecule has 4 heteroatoms. The summed E-state index contributed by atoms with van der Waals surface area (Å²) in [5.74, 6) is 1.35. The summed E-state index contributed by atoms with van der Waals surface area (Å²) in [6.45, 7) is 3.88. The molecule has 0 radical (unpaired) electrons. The van der Waals surface area contributed by atoms with E-state index in [0.717, 1.165) is 27.2 Å². The first kappa shape index (κ1) is 11.9. The van der Waals surface area contributed by atoms with E-state index < -0.39 is 0 Å². The van der Waals surface area contributed by atoms with Crippen LogP contribution in [0, 0.1) is 13.8 Å². The second-order valence-electron chi connectivity index (χ2n) is 3.84. The van der Waals surface area contributed by atoms with E-state index in [2.05, 4.69) is 20.9 Å². The van der Waals surface area contributed by atoms with Gasteiger partial charge in [-0.2, -0.15) is 0 Å². The maximum Gasteiger partial charge on any atom is 0.219 e. The molecule has 0 fully saturated rings. The molecular formula is C13H13BrN2O. The minimum atomic E-state index is 0.582. The molecule has 0 aliphatic rings.